The lowest BCUT2D eigenvalue weighted by atomic mass is 9.86. The molecule has 1 N–H and O–H groups in total. The minimum atomic E-state index is 0.613. The highest BCUT2D eigenvalue weighted by Gasteiger charge is 2.24. The first-order valence-corrected chi connectivity index (χ1v) is 7.06. The van der Waals surface area contributed by atoms with Crippen LogP contribution < -0.4 is 5.32 Å². The molecule has 1 aliphatic rings. The fraction of sp³-hybridized carbons (Fsp3) is 1.00. The third-order valence-electron chi connectivity index (χ3n) is 4.10. The van der Waals surface area contributed by atoms with Crippen molar-refractivity contribution >= 4 is 0 Å². The minimum absolute atomic E-state index is 0.613. The Labute approximate surface area is 107 Å². The Balaban J connectivity index is 2.22. The van der Waals surface area contributed by atoms with E-state index in [1.54, 1.807) is 7.11 Å². The molecule has 102 valence electrons. The lowest BCUT2D eigenvalue weighted by molar-refractivity contribution is 0.122. The SMILES string of the molecule is COCCNCC(C)N(C)C1CCCC(C)C1. The summed E-state index contributed by atoms with van der Waals surface area (Å²) in [6.07, 6.45) is 5.58. The summed E-state index contributed by atoms with van der Waals surface area (Å²) in [5, 5.41) is 3.45. The number of ether oxygens (including phenoxy) is 1. The van der Waals surface area contributed by atoms with Gasteiger partial charge in [0.25, 0.3) is 0 Å². The third kappa shape index (κ3) is 5.36. The standard InChI is InChI=1S/C14H30N2O/c1-12-6-5-7-14(10-12)16(3)13(2)11-15-8-9-17-4/h12-15H,5-11H2,1-4H3. The Hall–Kier alpha value is -0.120. The number of nitrogens with one attached hydrogen (secondary N) is 1. The van der Waals surface area contributed by atoms with Gasteiger partial charge >= 0.3 is 0 Å². The second-order valence-electron chi connectivity index (χ2n) is 5.64. The summed E-state index contributed by atoms with van der Waals surface area (Å²) >= 11 is 0. The summed E-state index contributed by atoms with van der Waals surface area (Å²) in [7, 11) is 4.03. The van der Waals surface area contributed by atoms with E-state index in [0.717, 1.165) is 31.7 Å². The highest BCUT2D eigenvalue weighted by Crippen LogP contribution is 2.27. The molecule has 3 atom stereocenters. The minimum Gasteiger partial charge on any atom is -0.383 e. The molecule has 1 saturated carbocycles. The average Bonchev–Trinajstić information content (AvgIpc) is 2.33. The maximum atomic E-state index is 5.04. The van der Waals surface area contributed by atoms with Gasteiger partial charge in [-0.25, -0.2) is 0 Å². The summed E-state index contributed by atoms with van der Waals surface area (Å²) in [6.45, 7) is 7.53. The number of rotatable bonds is 7. The molecule has 0 radical (unpaired) electrons. The van der Waals surface area contributed by atoms with E-state index < -0.39 is 0 Å². The third-order valence-corrected chi connectivity index (χ3v) is 4.10. The molecule has 1 fully saturated rings. The highest BCUT2D eigenvalue weighted by molar-refractivity contribution is 4.80. The average molecular weight is 242 g/mol. The molecule has 0 aromatic carbocycles. The van der Waals surface area contributed by atoms with Crippen LogP contribution in [0.25, 0.3) is 0 Å². The molecule has 1 rings (SSSR count). The van der Waals surface area contributed by atoms with Crippen LogP contribution in [0.3, 0.4) is 0 Å². The summed E-state index contributed by atoms with van der Waals surface area (Å²) in [5.41, 5.74) is 0. The van der Waals surface area contributed by atoms with Crippen LogP contribution in [-0.4, -0.2) is 50.8 Å². The Morgan fingerprint density at radius 2 is 2.18 bits per heavy atom. The molecule has 17 heavy (non-hydrogen) atoms. The lowest BCUT2D eigenvalue weighted by Crippen LogP contribution is -2.45. The molecule has 0 aliphatic heterocycles. The molecule has 3 heteroatoms. The maximum absolute atomic E-state index is 5.04. The van der Waals surface area contributed by atoms with Gasteiger partial charge in [0, 0.05) is 32.3 Å². The summed E-state index contributed by atoms with van der Waals surface area (Å²) in [4.78, 5) is 2.56. The Morgan fingerprint density at radius 1 is 1.41 bits per heavy atom. The Morgan fingerprint density at radius 3 is 2.82 bits per heavy atom. The number of hydrogen-bond donors (Lipinski definition) is 1. The Bertz CT molecular complexity index is 199. The van der Waals surface area contributed by atoms with Gasteiger partial charge in [-0.15, -0.1) is 0 Å². The van der Waals surface area contributed by atoms with E-state index in [9.17, 15) is 0 Å². The first kappa shape index (κ1) is 14.9. The molecule has 3 unspecified atom stereocenters. The number of likely N-dealkylation sites (N-methyl/N-ethyl adjacent to an activating group) is 1. The van der Waals surface area contributed by atoms with Crippen LogP contribution in [0.1, 0.15) is 39.5 Å². The summed E-state index contributed by atoms with van der Waals surface area (Å²) < 4.78 is 5.04. The van der Waals surface area contributed by atoms with Gasteiger partial charge in [0.2, 0.25) is 0 Å². The molecule has 0 amide bonds. The van der Waals surface area contributed by atoms with E-state index in [1.165, 1.54) is 25.7 Å². The summed E-state index contributed by atoms with van der Waals surface area (Å²) in [6, 6.07) is 1.40. The van der Waals surface area contributed by atoms with Crippen molar-refractivity contribution in [3.8, 4) is 0 Å². The molecule has 0 heterocycles. The van der Waals surface area contributed by atoms with Crippen molar-refractivity contribution in [3.63, 3.8) is 0 Å². The molecular formula is C14H30N2O. The fourth-order valence-corrected chi connectivity index (χ4v) is 2.76. The zero-order chi connectivity index (χ0) is 12.7. The molecule has 0 spiro atoms. The van der Waals surface area contributed by atoms with Crippen molar-refractivity contribution in [2.75, 3.05) is 33.9 Å². The molecule has 0 bridgehead atoms. The zero-order valence-corrected chi connectivity index (χ0v) is 12.0. The van der Waals surface area contributed by atoms with Crippen molar-refractivity contribution in [2.45, 2.75) is 51.6 Å². The van der Waals surface area contributed by atoms with Crippen molar-refractivity contribution in [3.05, 3.63) is 0 Å². The monoisotopic (exact) mass is 242 g/mol. The smallest absolute Gasteiger partial charge is 0.0587 e. The van der Waals surface area contributed by atoms with Crippen LogP contribution in [0.4, 0.5) is 0 Å². The van der Waals surface area contributed by atoms with Gasteiger partial charge in [0.1, 0.15) is 0 Å². The predicted octanol–water partition coefficient (Wildman–Crippen LogP) is 2.12. The quantitative estimate of drug-likeness (QED) is 0.692. The molecular weight excluding hydrogens is 212 g/mol. The van der Waals surface area contributed by atoms with Crippen LogP contribution in [-0.2, 0) is 4.74 Å². The van der Waals surface area contributed by atoms with E-state index in [-0.39, 0.29) is 0 Å². The first-order chi connectivity index (χ1) is 8.15. The van der Waals surface area contributed by atoms with Crippen LogP contribution in [0.5, 0.6) is 0 Å². The summed E-state index contributed by atoms with van der Waals surface area (Å²) in [5.74, 6) is 0.907. The molecule has 0 aromatic heterocycles. The first-order valence-electron chi connectivity index (χ1n) is 7.06. The van der Waals surface area contributed by atoms with Crippen LogP contribution in [0.2, 0.25) is 0 Å². The molecule has 1 aliphatic carbocycles. The predicted molar refractivity (Wildman–Crippen MR) is 73.4 cm³/mol. The van der Waals surface area contributed by atoms with Crippen LogP contribution >= 0.6 is 0 Å². The zero-order valence-electron chi connectivity index (χ0n) is 12.0. The molecule has 3 nitrogen and oxygen atoms in total. The van der Waals surface area contributed by atoms with Gasteiger partial charge in [-0.3, -0.25) is 4.90 Å². The molecule has 0 saturated heterocycles. The van der Waals surface area contributed by atoms with Crippen LogP contribution in [0.15, 0.2) is 0 Å². The maximum Gasteiger partial charge on any atom is 0.0587 e. The van der Waals surface area contributed by atoms with Gasteiger partial charge in [-0.2, -0.15) is 0 Å². The van der Waals surface area contributed by atoms with Gasteiger partial charge in [-0.1, -0.05) is 19.8 Å². The van der Waals surface area contributed by atoms with Crippen LogP contribution in [0, 0.1) is 5.92 Å². The van der Waals surface area contributed by atoms with Crippen molar-refractivity contribution < 1.29 is 4.74 Å². The van der Waals surface area contributed by atoms with Gasteiger partial charge in [0.15, 0.2) is 0 Å². The van der Waals surface area contributed by atoms with E-state index in [0.29, 0.717) is 6.04 Å². The molecule has 0 aromatic rings. The highest BCUT2D eigenvalue weighted by atomic mass is 16.5. The van der Waals surface area contributed by atoms with Gasteiger partial charge in [-0.05, 0) is 32.7 Å². The second kappa shape index (κ2) is 8.06. The van der Waals surface area contributed by atoms with E-state index in [2.05, 4.69) is 31.1 Å². The van der Waals surface area contributed by atoms with E-state index >= 15 is 0 Å². The van der Waals surface area contributed by atoms with E-state index in [1.807, 2.05) is 0 Å². The fourth-order valence-electron chi connectivity index (χ4n) is 2.76. The topological polar surface area (TPSA) is 24.5 Å². The normalized spacial score (nSPS) is 27.4. The number of nitrogens with zero attached hydrogens (tertiary/aromatic N) is 1. The Kier molecular flexibility index (Phi) is 7.09. The van der Waals surface area contributed by atoms with Crippen molar-refractivity contribution in [1.29, 1.82) is 0 Å². The largest absolute Gasteiger partial charge is 0.383 e. The number of hydrogen-bond acceptors (Lipinski definition) is 3. The van der Waals surface area contributed by atoms with Gasteiger partial charge in [0.05, 0.1) is 6.61 Å². The van der Waals surface area contributed by atoms with Crippen molar-refractivity contribution in [1.82, 2.24) is 10.2 Å². The van der Waals surface area contributed by atoms with Crippen molar-refractivity contribution in [2.24, 2.45) is 5.92 Å². The van der Waals surface area contributed by atoms with E-state index in [4.69, 9.17) is 4.74 Å². The lowest BCUT2D eigenvalue weighted by Gasteiger charge is -2.37. The second-order valence-corrected chi connectivity index (χ2v) is 5.64. The van der Waals surface area contributed by atoms with Gasteiger partial charge < -0.3 is 10.1 Å². The number of methoxy groups -OCH3 is 1.